The van der Waals surface area contributed by atoms with Crippen LogP contribution in [0.5, 0.6) is 0 Å². The van der Waals surface area contributed by atoms with Gasteiger partial charge in [-0.15, -0.1) is 0 Å². The Bertz CT molecular complexity index is 821. The van der Waals surface area contributed by atoms with Crippen LogP contribution < -0.4 is 27.0 Å². The Balaban J connectivity index is 2.71. The van der Waals surface area contributed by atoms with Gasteiger partial charge in [0.2, 0.25) is 30.0 Å². The summed E-state index contributed by atoms with van der Waals surface area (Å²) < 4.78 is 0. The van der Waals surface area contributed by atoms with E-state index in [4.69, 9.17) is 5.73 Å². The van der Waals surface area contributed by atoms with Crippen LogP contribution >= 0.6 is 11.8 Å². The fourth-order valence-corrected chi connectivity index (χ4v) is 3.66. The Labute approximate surface area is 204 Å². The lowest BCUT2D eigenvalue weighted by atomic mass is 10.0. The van der Waals surface area contributed by atoms with E-state index >= 15 is 0 Å². The lowest BCUT2D eigenvalue weighted by Gasteiger charge is -2.23. The van der Waals surface area contributed by atoms with Gasteiger partial charge >= 0.3 is 0 Å². The molecule has 0 radical (unpaired) electrons. The summed E-state index contributed by atoms with van der Waals surface area (Å²) in [5.41, 5.74) is 6.24. The molecule has 188 valence electrons. The highest BCUT2D eigenvalue weighted by Crippen LogP contribution is 2.07. The van der Waals surface area contributed by atoms with Gasteiger partial charge in [0.25, 0.3) is 0 Å². The summed E-state index contributed by atoms with van der Waals surface area (Å²) in [5, 5.41) is 10.2. The second kappa shape index (κ2) is 15.7. The first-order chi connectivity index (χ1) is 16.2. The summed E-state index contributed by atoms with van der Waals surface area (Å²) in [6.45, 7) is 3.41. The number of amides is 5. The number of primary amides is 1. The van der Waals surface area contributed by atoms with Gasteiger partial charge in [-0.2, -0.15) is 11.8 Å². The molecule has 0 aromatic heterocycles. The van der Waals surface area contributed by atoms with Gasteiger partial charge in [0.05, 0.1) is 6.54 Å². The molecule has 0 spiro atoms. The van der Waals surface area contributed by atoms with Crippen molar-refractivity contribution in [2.24, 2.45) is 11.7 Å². The molecule has 5 amide bonds. The topological polar surface area (TPSA) is 159 Å². The lowest BCUT2D eigenvalue weighted by Crippen LogP contribution is -2.55. The first-order valence-electron chi connectivity index (χ1n) is 11.1. The number of carbonyl (C=O) groups excluding carboxylic acids is 5. The van der Waals surface area contributed by atoms with E-state index in [0.29, 0.717) is 25.0 Å². The zero-order chi connectivity index (χ0) is 25.5. The van der Waals surface area contributed by atoms with Gasteiger partial charge in [0, 0.05) is 6.42 Å². The minimum absolute atomic E-state index is 0.0795. The number of nitrogens with one attached hydrogen (secondary N) is 4. The number of carbonyl (C=O) groups is 5. The molecule has 1 aromatic carbocycles. The molecule has 0 aliphatic heterocycles. The Hall–Kier alpha value is -3.08. The Morgan fingerprint density at radius 3 is 2.24 bits per heavy atom. The minimum atomic E-state index is -0.895. The SMILES string of the molecule is CSCC[C@H](NC(=O)[C@H](CC(C)C)NC(=O)CNC(=O)[C@H](Cc1ccccc1)NC=O)C(N)=O. The van der Waals surface area contributed by atoms with Crippen LogP contribution in [0.2, 0.25) is 0 Å². The molecule has 1 rings (SSSR count). The Morgan fingerprint density at radius 1 is 1.00 bits per heavy atom. The summed E-state index contributed by atoms with van der Waals surface area (Å²) >= 11 is 1.52. The van der Waals surface area contributed by atoms with E-state index in [1.165, 1.54) is 11.8 Å². The monoisotopic (exact) mass is 493 g/mol. The summed E-state index contributed by atoms with van der Waals surface area (Å²) in [7, 11) is 0. The molecule has 0 aliphatic carbocycles. The maximum Gasteiger partial charge on any atom is 0.243 e. The predicted molar refractivity (Wildman–Crippen MR) is 132 cm³/mol. The quantitative estimate of drug-likeness (QED) is 0.199. The molecule has 6 N–H and O–H groups in total. The molecule has 1 aromatic rings. The molecular formula is C23H35N5O5S. The van der Waals surface area contributed by atoms with Crippen molar-refractivity contribution in [3.8, 4) is 0 Å². The fourth-order valence-electron chi connectivity index (χ4n) is 3.19. The summed E-state index contributed by atoms with van der Waals surface area (Å²) in [6, 6.07) is 6.56. The van der Waals surface area contributed by atoms with Crippen molar-refractivity contribution in [2.45, 2.75) is 51.2 Å². The number of benzene rings is 1. The van der Waals surface area contributed by atoms with Crippen molar-refractivity contribution in [2.75, 3.05) is 18.6 Å². The maximum absolute atomic E-state index is 12.8. The van der Waals surface area contributed by atoms with Crippen molar-refractivity contribution >= 4 is 41.8 Å². The van der Waals surface area contributed by atoms with Gasteiger partial charge in [-0.3, -0.25) is 24.0 Å². The third-order valence-corrected chi connectivity index (χ3v) is 5.56. The van der Waals surface area contributed by atoms with E-state index in [1.54, 1.807) is 0 Å². The van der Waals surface area contributed by atoms with Gasteiger partial charge in [-0.05, 0) is 36.3 Å². The largest absolute Gasteiger partial charge is 0.368 e. The zero-order valence-corrected chi connectivity index (χ0v) is 20.7. The van der Waals surface area contributed by atoms with Crippen LogP contribution in [0.3, 0.4) is 0 Å². The molecule has 11 heteroatoms. The van der Waals surface area contributed by atoms with Crippen LogP contribution in [0.25, 0.3) is 0 Å². The van der Waals surface area contributed by atoms with Crippen molar-refractivity contribution in [3.05, 3.63) is 35.9 Å². The summed E-state index contributed by atoms with van der Waals surface area (Å²) in [4.78, 5) is 60.3. The highest BCUT2D eigenvalue weighted by molar-refractivity contribution is 7.98. The van der Waals surface area contributed by atoms with Crippen LogP contribution in [-0.2, 0) is 30.4 Å². The standard InChI is InChI=1S/C23H35N5O5S/c1-15(2)11-19(23(33)28-17(21(24)31)9-10-34-3)27-20(30)13-25-22(32)18(26-14-29)12-16-7-5-4-6-8-16/h4-8,14-15,17-19H,9-13H2,1-3H3,(H2,24,31)(H,25,32)(H,26,29)(H,27,30)(H,28,33)/t17-,18-,19-/m0/s1. The predicted octanol–water partition coefficient (Wildman–Crippen LogP) is -0.286. The number of nitrogens with two attached hydrogens (primary N) is 1. The van der Waals surface area contributed by atoms with E-state index in [0.717, 1.165) is 5.56 Å². The summed E-state index contributed by atoms with van der Waals surface area (Å²) in [5.74, 6) is -1.53. The van der Waals surface area contributed by atoms with Gasteiger partial charge in [0.1, 0.15) is 18.1 Å². The highest BCUT2D eigenvalue weighted by Gasteiger charge is 2.26. The second-order valence-corrected chi connectivity index (χ2v) is 9.22. The van der Waals surface area contributed by atoms with Gasteiger partial charge < -0.3 is 27.0 Å². The number of hydrogen-bond acceptors (Lipinski definition) is 6. The average Bonchev–Trinajstić information content (AvgIpc) is 2.79. The van der Waals surface area contributed by atoms with E-state index < -0.39 is 41.8 Å². The van der Waals surface area contributed by atoms with Crippen molar-refractivity contribution in [1.82, 2.24) is 21.3 Å². The number of hydrogen-bond donors (Lipinski definition) is 5. The molecular weight excluding hydrogens is 458 g/mol. The van der Waals surface area contributed by atoms with Crippen molar-refractivity contribution in [1.29, 1.82) is 0 Å². The minimum Gasteiger partial charge on any atom is -0.368 e. The van der Waals surface area contributed by atoms with Crippen LogP contribution in [-0.4, -0.2) is 66.7 Å². The number of thioether (sulfide) groups is 1. The van der Waals surface area contributed by atoms with Crippen molar-refractivity contribution < 1.29 is 24.0 Å². The molecule has 0 saturated heterocycles. The summed E-state index contributed by atoms with van der Waals surface area (Å²) in [6.07, 6.45) is 3.29. The van der Waals surface area contributed by atoms with Crippen LogP contribution in [0.15, 0.2) is 30.3 Å². The van der Waals surface area contributed by atoms with Gasteiger partial charge in [-0.25, -0.2) is 0 Å². The third-order valence-electron chi connectivity index (χ3n) is 4.92. The second-order valence-electron chi connectivity index (χ2n) is 8.24. The third kappa shape index (κ3) is 11.2. The smallest absolute Gasteiger partial charge is 0.243 e. The highest BCUT2D eigenvalue weighted by atomic mass is 32.2. The molecule has 0 fully saturated rings. The molecule has 34 heavy (non-hydrogen) atoms. The van der Waals surface area contributed by atoms with E-state index in [-0.39, 0.29) is 18.9 Å². The van der Waals surface area contributed by atoms with E-state index in [9.17, 15) is 24.0 Å². The maximum atomic E-state index is 12.8. The molecule has 10 nitrogen and oxygen atoms in total. The zero-order valence-electron chi connectivity index (χ0n) is 19.8. The molecule has 0 bridgehead atoms. The Morgan fingerprint density at radius 2 is 1.68 bits per heavy atom. The molecule has 0 saturated carbocycles. The lowest BCUT2D eigenvalue weighted by molar-refractivity contribution is -0.132. The molecule has 0 heterocycles. The van der Waals surface area contributed by atoms with Crippen molar-refractivity contribution in [3.63, 3.8) is 0 Å². The van der Waals surface area contributed by atoms with E-state index in [1.807, 2.05) is 50.4 Å². The first-order valence-corrected chi connectivity index (χ1v) is 12.5. The van der Waals surface area contributed by atoms with Crippen LogP contribution in [0.1, 0.15) is 32.3 Å². The average molecular weight is 494 g/mol. The molecule has 0 unspecified atom stereocenters. The molecule has 0 aliphatic rings. The van der Waals surface area contributed by atoms with Crippen LogP contribution in [0.4, 0.5) is 0 Å². The van der Waals surface area contributed by atoms with Crippen LogP contribution in [0, 0.1) is 5.92 Å². The fraction of sp³-hybridized carbons (Fsp3) is 0.522. The number of rotatable bonds is 16. The first kappa shape index (κ1) is 29.0. The van der Waals surface area contributed by atoms with Gasteiger partial charge in [-0.1, -0.05) is 44.2 Å². The Kier molecular flexibility index (Phi) is 13.4. The molecule has 3 atom stereocenters. The van der Waals surface area contributed by atoms with E-state index in [2.05, 4.69) is 21.3 Å². The normalized spacial score (nSPS) is 13.3. The van der Waals surface area contributed by atoms with Gasteiger partial charge in [0.15, 0.2) is 0 Å².